The second-order valence-electron chi connectivity index (χ2n) is 4.84. The normalized spacial score (nSPS) is 11.5. The van der Waals surface area contributed by atoms with Gasteiger partial charge >= 0.3 is 0 Å². The Hall–Kier alpha value is -1.42. The highest BCUT2D eigenvalue weighted by Gasteiger charge is 2.12. The molecule has 0 radical (unpaired) electrons. The van der Waals surface area contributed by atoms with E-state index in [9.17, 15) is 10.1 Å². The Bertz CT molecular complexity index is 372. The summed E-state index contributed by atoms with van der Waals surface area (Å²) in [6.45, 7) is 7.38. The number of nitro benzene ring substituents is 1. The first-order valence-electron chi connectivity index (χ1n) is 5.93. The van der Waals surface area contributed by atoms with Crippen LogP contribution in [0.1, 0.15) is 32.8 Å². The lowest BCUT2D eigenvalue weighted by Crippen LogP contribution is -2.39. The minimum absolute atomic E-state index is 0.149. The molecule has 1 rings (SSSR count). The molecule has 1 N–H and O–H groups in total. The Balaban J connectivity index is 2.45. The molecule has 17 heavy (non-hydrogen) atoms. The summed E-state index contributed by atoms with van der Waals surface area (Å²) < 4.78 is 0. The van der Waals surface area contributed by atoms with Crippen molar-refractivity contribution in [1.29, 1.82) is 0 Å². The second kappa shape index (κ2) is 5.77. The monoisotopic (exact) mass is 236 g/mol. The molecule has 0 unspecified atom stereocenters. The molecule has 0 saturated carbocycles. The number of nitro groups is 1. The van der Waals surface area contributed by atoms with Crippen LogP contribution >= 0.6 is 0 Å². The molecule has 94 valence electrons. The van der Waals surface area contributed by atoms with Crippen molar-refractivity contribution in [3.05, 3.63) is 39.9 Å². The molecule has 0 atom stereocenters. The van der Waals surface area contributed by atoms with E-state index in [0.717, 1.165) is 24.9 Å². The molecule has 1 aromatic rings. The molecule has 0 bridgehead atoms. The van der Waals surface area contributed by atoms with Crippen LogP contribution in [0.4, 0.5) is 5.69 Å². The lowest BCUT2D eigenvalue weighted by molar-refractivity contribution is -0.384. The molecule has 0 aliphatic carbocycles. The Morgan fingerprint density at radius 3 is 2.35 bits per heavy atom. The molecule has 0 amide bonds. The van der Waals surface area contributed by atoms with Crippen LogP contribution in [0.15, 0.2) is 24.3 Å². The quantitative estimate of drug-likeness (QED) is 0.610. The van der Waals surface area contributed by atoms with Gasteiger partial charge in [0, 0.05) is 17.7 Å². The smallest absolute Gasteiger partial charge is 0.269 e. The lowest BCUT2D eigenvalue weighted by atomic mass is 10.0. The number of non-ortho nitro benzene ring substituents is 1. The summed E-state index contributed by atoms with van der Waals surface area (Å²) in [4.78, 5) is 10.1. The van der Waals surface area contributed by atoms with Crippen molar-refractivity contribution in [3.63, 3.8) is 0 Å². The molecule has 0 heterocycles. The molecule has 0 aliphatic heterocycles. The van der Waals surface area contributed by atoms with E-state index in [0.29, 0.717) is 0 Å². The molecule has 0 saturated heterocycles. The highest BCUT2D eigenvalue weighted by Crippen LogP contribution is 2.12. The van der Waals surface area contributed by atoms with Gasteiger partial charge in [0.1, 0.15) is 0 Å². The fraction of sp³-hybridized carbons (Fsp3) is 0.538. The van der Waals surface area contributed by atoms with Gasteiger partial charge in [0.15, 0.2) is 0 Å². The summed E-state index contributed by atoms with van der Waals surface area (Å²) in [6, 6.07) is 6.75. The summed E-state index contributed by atoms with van der Waals surface area (Å²) in [6.07, 6.45) is 1.97. The van der Waals surface area contributed by atoms with E-state index >= 15 is 0 Å². The van der Waals surface area contributed by atoms with Crippen molar-refractivity contribution in [2.24, 2.45) is 0 Å². The second-order valence-corrected chi connectivity index (χ2v) is 4.84. The molecule has 0 aromatic heterocycles. The van der Waals surface area contributed by atoms with Gasteiger partial charge in [-0.25, -0.2) is 0 Å². The third-order valence-corrected chi connectivity index (χ3v) is 3.05. The highest BCUT2D eigenvalue weighted by molar-refractivity contribution is 5.32. The number of rotatable bonds is 6. The average molecular weight is 236 g/mol. The summed E-state index contributed by atoms with van der Waals surface area (Å²) in [5.74, 6) is 0. The van der Waals surface area contributed by atoms with Gasteiger partial charge in [-0.05, 0) is 38.8 Å². The fourth-order valence-electron chi connectivity index (χ4n) is 1.45. The van der Waals surface area contributed by atoms with E-state index in [1.165, 1.54) is 0 Å². The van der Waals surface area contributed by atoms with Crippen LogP contribution in [0.5, 0.6) is 0 Å². The third-order valence-electron chi connectivity index (χ3n) is 3.05. The van der Waals surface area contributed by atoms with Crippen LogP contribution in [0.3, 0.4) is 0 Å². The third kappa shape index (κ3) is 4.53. The zero-order valence-electron chi connectivity index (χ0n) is 10.7. The maximum Gasteiger partial charge on any atom is 0.269 e. The van der Waals surface area contributed by atoms with Gasteiger partial charge in [-0.3, -0.25) is 10.1 Å². The van der Waals surface area contributed by atoms with Gasteiger partial charge in [0.2, 0.25) is 0 Å². The summed E-state index contributed by atoms with van der Waals surface area (Å²) in [5, 5.41) is 14.0. The van der Waals surface area contributed by atoms with Gasteiger partial charge in [-0.1, -0.05) is 19.1 Å². The minimum Gasteiger partial charge on any atom is -0.311 e. The van der Waals surface area contributed by atoms with Gasteiger partial charge in [0.25, 0.3) is 5.69 Å². The predicted octanol–water partition coefficient (Wildman–Crippen LogP) is 2.92. The topological polar surface area (TPSA) is 55.2 Å². The van der Waals surface area contributed by atoms with E-state index in [1.807, 2.05) is 12.1 Å². The van der Waals surface area contributed by atoms with Gasteiger partial charge in [0.05, 0.1) is 4.92 Å². The van der Waals surface area contributed by atoms with Crippen LogP contribution < -0.4 is 5.32 Å². The highest BCUT2D eigenvalue weighted by atomic mass is 16.6. The zero-order chi connectivity index (χ0) is 12.9. The van der Waals surface area contributed by atoms with Crippen molar-refractivity contribution in [3.8, 4) is 0 Å². The van der Waals surface area contributed by atoms with Crippen LogP contribution in [0.2, 0.25) is 0 Å². The van der Waals surface area contributed by atoms with E-state index in [1.54, 1.807) is 12.1 Å². The fourth-order valence-corrected chi connectivity index (χ4v) is 1.45. The molecular formula is C13H20N2O2. The predicted molar refractivity (Wildman–Crippen MR) is 69.2 cm³/mol. The first kappa shape index (κ1) is 13.6. The summed E-state index contributed by atoms with van der Waals surface area (Å²) in [7, 11) is 0. The zero-order valence-corrected chi connectivity index (χ0v) is 10.7. The molecule has 0 aliphatic rings. The van der Waals surface area contributed by atoms with Crippen molar-refractivity contribution < 1.29 is 4.92 Å². The van der Waals surface area contributed by atoms with Gasteiger partial charge in [-0.15, -0.1) is 0 Å². The van der Waals surface area contributed by atoms with Crippen molar-refractivity contribution in [2.75, 3.05) is 6.54 Å². The molecule has 4 nitrogen and oxygen atoms in total. The minimum atomic E-state index is -0.373. The Morgan fingerprint density at radius 1 is 1.29 bits per heavy atom. The van der Waals surface area contributed by atoms with Crippen LogP contribution in [0.25, 0.3) is 0 Å². The standard InChI is InChI=1S/C13H20N2O2/c1-4-13(2,3)14-10-9-11-5-7-12(8-6-11)15(16)17/h5-8,14H,4,9-10H2,1-3H3. The Labute approximate surface area is 102 Å². The van der Waals surface area contributed by atoms with Crippen LogP contribution in [-0.2, 0) is 6.42 Å². The van der Waals surface area contributed by atoms with Crippen molar-refractivity contribution in [2.45, 2.75) is 39.2 Å². The van der Waals surface area contributed by atoms with Crippen LogP contribution in [0, 0.1) is 10.1 Å². The molecule has 1 aromatic carbocycles. The van der Waals surface area contributed by atoms with E-state index in [4.69, 9.17) is 0 Å². The number of hydrogen-bond acceptors (Lipinski definition) is 3. The molecule has 0 fully saturated rings. The molecule has 0 spiro atoms. The van der Waals surface area contributed by atoms with Gasteiger partial charge in [-0.2, -0.15) is 0 Å². The number of benzene rings is 1. The summed E-state index contributed by atoms with van der Waals surface area (Å²) in [5.41, 5.74) is 1.42. The van der Waals surface area contributed by atoms with E-state index in [-0.39, 0.29) is 16.1 Å². The van der Waals surface area contributed by atoms with Crippen LogP contribution in [-0.4, -0.2) is 17.0 Å². The Kier molecular flexibility index (Phi) is 4.63. The number of nitrogens with zero attached hydrogens (tertiary/aromatic N) is 1. The van der Waals surface area contributed by atoms with E-state index < -0.39 is 0 Å². The SMILES string of the molecule is CCC(C)(C)NCCc1ccc([N+](=O)[O-])cc1. The largest absolute Gasteiger partial charge is 0.311 e. The number of nitrogens with one attached hydrogen (secondary N) is 1. The maximum atomic E-state index is 10.5. The average Bonchev–Trinajstić information content (AvgIpc) is 2.29. The van der Waals surface area contributed by atoms with Crippen molar-refractivity contribution >= 4 is 5.69 Å². The molecular weight excluding hydrogens is 216 g/mol. The maximum absolute atomic E-state index is 10.5. The first-order chi connectivity index (χ1) is 7.94. The molecule has 4 heteroatoms. The summed E-state index contributed by atoms with van der Waals surface area (Å²) >= 11 is 0. The Morgan fingerprint density at radius 2 is 1.88 bits per heavy atom. The lowest BCUT2D eigenvalue weighted by Gasteiger charge is -2.24. The number of hydrogen-bond donors (Lipinski definition) is 1. The van der Waals surface area contributed by atoms with Gasteiger partial charge < -0.3 is 5.32 Å². The first-order valence-corrected chi connectivity index (χ1v) is 5.93. The van der Waals surface area contributed by atoms with E-state index in [2.05, 4.69) is 26.1 Å². The van der Waals surface area contributed by atoms with Crippen molar-refractivity contribution in [1.82, 2.24) is 5.32 Å².